The Morgan fingerprint density at radius 2 is 2.00 bits per heavy atom. The van der Waals surface area contributed by atoms with Gasteiger partial charge in [0.15, 0.2) is 5.78 Å². The summed E-state index contributed by atoms with van der Waals surface area (Å²) in [7, 11) is 0. The first-order valence-corrected chi connectivity index (χ1v) is 6.82. The second kappa shape index (κ2) is 4.78. The number of ketones is 1. The summed E-state index contributed by atoms with van der Waals surface area (Å²) in [4.78, 5) is 12.3. The molecule has 1 unspecified atom stereocenters. The Morgan fingerprint density at radius 3 is 2.74 bits per heavy atom. The third-order valence-electron chi connectivity index (χ3n) is 3.99. The number of Topliss-reactive ketones (excluding diaryl/α,β-unsaturated/α-hetero) is 1. The molecule has 0 radical (unpaired) electrons. The van der Waals surface area contributed by atoms with Crippen LogP contribution in [0.4, 0.5) is 0 Å². The number of ether oxygens (including phenoxy) is 1. The fraction of sp³-hybridized carbons (Fsp3) is 0.353. The lowest BCUT2D eigenvalue weighted by atomic mass is 9.92. The van der Waals surface area contributed by atoms with Gasteiger partial charge in [-0.2, -0.15) is 0 Å². The highest BCUT2D eigenvalue weighted by Gasteiger charge is 2.36. The smallest absolute Gasteiger partial charge is 0.168 e. The monoisotopic (exact) mass is 254 g/mol. The molecule has 1 heterocycles. The maximum Gasteiger partial charge on any atom is 0.168 e. The van der Waals surface area contributed by atoms with Gasteiger partial charge >= 0.3 is 0 Å². The van der Waals surface area contributed by atoms with Crippen LogP contribution in [-0.2, 0) is 16.0 Å². The van der Waals surface area contributed by atoms with Crippen LogP contribution in [-0.4, -0.2) is 18.0 Å². The Bertz CT molecular complexity index is 609. The molecule has 98 valence electrons. The predicted octanol–water partition coefficient (Wildman–Crippen LogP) is 3.52. The third kappa shape index (κ3) is 2.41. The number of carbonyl (C=O) groups is 1. The van der Waals surface area contributed by atoms with Gasteiger partial charge in [0.1, 0.15) is 5.60 Å². The number of rotatable bonds is 3. The molecule has 2 heteroatoms. The average Bonchev–Trinajstić information content (AvgIpc) is 2.87. The van der Waals surface area contributed by atoms with Crippen molar-refractivity contribution >= 4 is 16.6 Å². The normalized spacial score (nSPS) is 22.8. The van der Waals surface area contributed by atoms with Crippen molar-refractivity contribution in [3.63, 3.8) is 0 Å². The molecule has 2 aromatic carbocycles. The second-order valence-corrected chi connectivity index (χ2v) is 5.46. The molecule has 0 aromatic heterocycles. The fourth-order valence-corrected chi connectivity index (χ4v) is 2.72. The van der Waals surface area contributed by atoms with Gasteiger partial charge in [0.2, 0.25) is 0 Å². The van der Waals surface area contributed by atoms with Crippen LogP contribution in [0.3, 0.4) is 0 Å². The summed E-state index contributed by atoms with van der Waals surface area (Å²) >= 11 is 0. The van der Waals surface area contributed by atoms with Crippen molar-refractivity contribution in [2.75, 3.05) is 6.61 Å². The molecule has 1 atom stereocenters. The molecular formula is C17H18O2. The predicted molar refractivity (Wildman–Crippen MR) is 76.3 cm³/mol. The van der Waals surface area contributed by atoms with Crippen molar-refractivity contribution in [3.8, 4) is 0 Å². The summed E-state index contributed by atoms with van der Waals surface area (Å²) in [6.45, 7) is 2.63. The van der Waals surface area contributed by atoms with Crippen LogP contribution in [0.25, 0.3) is 10.8 Å². The van der Waals surface area contributed by atoms with Crippen molar-refractivity contribution in [1.29, 1.82) is 0 Å². The molecule has 0 amide bonds. The Kier molecular flexibility index (Phi) is 3.11. The summed E-state index contributed by atoms with van der Waals surface area (Å²) in [5.41, 5.74) is 0.506. The van der Waals surface area contributed by atoms with E-state index >= 15 is 0 Å². The Labute approximate surface area is 113 Å². The molecule has 1 aliphatic heterocycles. The highest BCUT2D eigenvalue weighted by molar-refractivity contribution is 5.90. The van der Waals surface area contributed by atoms with Crippen molar-refractivity contribution < 1.29 is 9.53 Å². The van der Waals surface area contributed by atoms with E-state index < -0.39 is 5.60 Å². The zero-order valence-corrected chi connectivity index (χ0v) is 11.2. The molecule has 1 saturated heterocycles. The lowest BCUT2D eigenvalue weighted by molar-refractivity contribution is -0.136. The molecule has 0 aliphatic carbocycles. The van der Waals surface area contributed by atoms with E-state index in [-0.39, 0.29) is 5.78 Å². The number of hydrogen-bond acceptors (Lipinski definition) is 2. The lowest BCUT2D eigenvalue weighted by Crippen LogP contribution is -2.35. The SMILES string of the molecule is CC1(C(=O)Cc2ccc3ccccc3c2)CCCO1. The van der Waals surface area contributed by atoms with Crippen LogP contribution in [0.1, 0.15) is 25.3 Å². The zero-order chi connectivity index (χ0) is 13.3. The van der Waals surface area contributed by atoms with Crippen LogP contribution < -0.4 is 0 Å². The number of carbonyl (C=O) groups excluding carboxylic acids is 1. The average molecular weight is 254 g/mol. The van der Waals surface area contributed by atoms with Gasteiger partial charge in [0.05, 0.1) is 0 Å². The first kappa shape index (κ1) is 12.4. The molecular weight excluding hydrogens is 236 g/mol. The Morgan fingerprint density at radius 1 is 1.21 bits per heavy atom. The van der Waals surface area contributed by atoms with Crippen LogP contribution >= 0.6 is 0 Å². The molecule has 1 aliphatic rings. The minimum atomic E-state index is -0.564. The summed E-state index contributed by atoms with van der Waals surface area (Å²) in [6, 6.07) is 14.4. The van der Waals surface area contributed by atoms with E-state index in [1.165, 1.54) is 10.8 Å². The molecule has 19 heavy (non-hydrogen) atoms. The molecule has 0 bridgehead atoms. The molecule has 2 nitrogen and oxygen atoms in total. The van der Waals surface area contributed by atoms with E-state index in [1.807, 2.05) is 25.1 Å². The van der Waals surface area contributed by atoms with Gasteiger partial charge in [-0.1, -0.05) is 42.5 Å². The highest BCUT2D eigenvalue weighted by atomic mass is 16.5. The van der Waals surface area contributed by atoms with E-state index in [0.717, 1.165) is 18.4 Å². The largest absolute Gasteiger partial charge is 0.367 e. The Hall–Kier alpha value is -1.67. The minimum absolute atomic E-state index is 0.195. The number of benzene rings is 2. The zero-order valence-electron chi connectivity index (χ0n) is 11.2. The van der Waals surface area contributed by atoms with Gasteiger partial charge < -0.3 is 4.74 Å². The van der Waals surface area contributed by atoms with Gasteiger partial charge in [-0.3, -0.25) is 4.79 Å². The molecule has 1 fully saturated rings. The first-order valence-electron chi connectivity index (χ1n) is 6.82. The maximum atomic E-state index is 12.3. The standard InChI is InChI=1S/C17H18O2/c1-17(9-4-10-19-17)16(18)12-13-7-8-14-5-2-3-6-15(14)11-13/h2-3,5-8,11H,4,9-10,12H2,1H3. The maximum absolute atomic E-state index is 12.3. The lowest BCUT2D eigenvalue weighted by Gasteiger charge is -2.21. The van der Waals surface area contributed by atoms with E-state index in [2.05, 4.69) is 24.3 Å². The van der Waals surface area contributed by atoms with Gasteiger partial charge in [-0.15, -0.1) is 0 Å². The van der Waals surface area contributed by atoms with E-state index in [1.54, 1.807) is 0 Å². The summed E-state index contributed by atoms with van der Waals surface area (Å²) < 4.78 is 5.61. The van der Waals surface area contributed by atoms with Gasteiger partial charge in [0.25, 0.3) is 0 Å². The number of hydrogen-bond donors (Lipinski definition) is 0. The van der Waals surface area contributed by atoms with Gasteiger partial charge in [0, 0.05) is 13.0 Å². The quantitative estimate of drug-likeness (QED) is 0.837. The first-order chi connectivity index (χ1) is 9.17. The minimum Gasteiger partial charge on any atom is -0.367 e. The fourth-order valence-electron chi connectivity index (χ4n) is 2.72. The summed E-state index contributed by atoms with van der Waals surface area (Å²) in [5.74, 6) is 0.195. The van der Waals surface area contributed by atoms with Crippen LogP contribution in [0.5, 0.6) is 0 Å². The van der Waals surface area contributed by atoms with Gasteiger partial charge in [-0.05, 0) is 36.1 Å². The molecule has 3 rings (SSSR count). The highest BCUT2D eigenvalue weighted by Crippen LogP contribution is 2.27. The van der Waals surface area contributed by atoms with Crippen LogP contribution in [0.15, 0.2) is 42.5 Å². The van der Waals surface area contributed by atoms with Crippen LogP contribution in [0, 0.1) is 0 Å². The second-order valence-electron chi connectivity index (χ2n) is 5.46. The van der Waals surface area contributed by atoms with E-state index in [4.69, 9.17) is 4.74 Å². The Balaban J connectivity index is 1.83. The molecule has 0 spiro atoms. The van der Waals surface area contributed by atoms with Crippen molar-refractivity contribution in [1.82, 2.24) is 0 Å². The van der Waals surface area contributed by atoms with Crippen molar-refractivity contribution in [2.24, 2.45) is 0 Å². The van der Waals surface area contributed by atoms with Crippen molar-refractivity contribution in [3.05, 3.63) is 48.0 Å². The summed E-state index contributed by atoms with van der Waals surface area (Å²) in [6.07, 6.45) is 2.29. The molecule has 2 aromatic rings. The molecule has 0 N–H and O–H groups in total. The topological polar surface area (TPSA) is 26.3 Å². The third-order valence-corrected chi connectivity index (χ3v) is 3.99. The molecule has 0 saturated carbocycles. The van der Waals surface area contributed by atoms with Crippen LogP contribution in [0.2, 0.25) is 0 Å². The van der Waals surface area contributed by atoms with Gasteiger partial charge in [-0.25, -0.2) is 0 Å². The number of fused-ring (bicyclic) bond motifs is 1. The summed E-state index contributed by atoms with van der Waals surface area (Å²) in [5, 5.41) is 2.40. The van der Waals surface area contributed by atoms with Crippen molar-refractivity contribution in [2.45, 2.75) is 31.8 Å². The van der Waals surface area contributed by atoms with E-state index in [0.29, 0.717) is 13.0 Å². The van der Waals surface area contributed by atoms with E-state index in [9.17, 15) is 4.79 Å².